The summed E-state index contributed by atoms with van der Waals surface area (Å²) < 4.78 is 0. The summed E-state index contributed by atoms with van der Waals surface area (Å²) in [5.74, 6) is 0.786. The Hall–Kier alpha value is -1.11. The second-order valence-corrected chi connectivity index (χ2v) is 4.02. The third kappa shape index (κ3) is 0.619. The first-order valence-corrected chi connectivity index (χ1v) is 4.44. The van der Waals surface area contributed by atoms with E-state index < -0.39 is 0 Å². The van der Waals surface area contributed by atoms with Crippen molar-refractivity contribution < 1.29 is 0 Å². The molecule has 1 fully saturated rings. The van der Waals surface area contributed by atoms with Gasteiger partial charge in [-0.25, -0.2) is 0 Å². The lowest BCUT2D eigenvalue weighted by atomic mass is 9.90. The molecule has 0 spiro atoms. The van der Waals surface area contributed by atoms with Gasteiger partial charge < -0.3 is 0 Å². The maximum atomic E-state index is 4.35. The van der Waals surface area contributed by atoms with E-state index in [2.05, 4.69) is 30.1 Å². The molecule has 1 heteroatoms. The highest BCUT2D eigenvalue weighted by molar-refractivity contribution is 5.59. The van der Waals surface area contributed by atoms with E-state index in [0.717, 1.165) is 5.92 Å². The molecule has 0 N–H and O–H groups in total. The van der Waals surface area contributed by atoms with Gasteiger partial charge in [0.15, 0.2) is 0 Å². The van der Waals surface area contributed by atoms with Crippen molar-refractivity contribution in [1.82, 2.24) is 4.98 Å². The molecule has 1 heterocycles. The van der Waals surface area contributed by atoms with Gasteiger partial charge in [0.25, 0.3) is 0 Å². The van der Waals surface area contributed by atoms with E-state index in [1.165, 1.54) is 17.7 Å². The van der Waals surface area contributed by atoms with Crippen LogP contribution >= 0.6 is 0 Å². The summed E-state index contributed by atoms with van der Waals surface area (Å²) in [6.45, 7) is 2.34. The average molecular weight is 157 g/mol. The topological polar surface area (TPSA) is 12.9 Å². The Kier molecular flexibility index (Phi) is 0.957. The Morgan fingerprint density at radius 2 is 2.50 bits per heavy atom. The van der Waals surface area contributed by atoms with Gasteiger partial charge in [0.1, 0.15) is 0 Å². The van der Waals surface area contributed by atoms with Crippen LogP contribution in [0.3, 0.4) is 0 Å². The van der Waals surface area contributed by atoms with Crippen molar-refractivity contribution in [2.75, 3.05) is 0 Å². The maximum absolute atomic E-state index is 4.35. The highest BCUT2D eigenvalue weighted by Crippen LogP contribution is 2.57. The van der Waals surface area contributed by atoms with Crippen molar-refractivity contribution in [2.45, 2.75) is 18.8 Å². The van der Waals surface area contributed by atoms with E-state index in [1.54, 1.807) is 0 Å². The lowest BCUT2D eigenvalue weighted by Gasteiger charge is -2.16. The van der Waals surface area contributed by atoms with E-state index in [0.29, 0.717) is 5.41 Å². The van der Waals surface area contributed by atoms with Gasteiger partial charge in [-0.05, 0) is 30.0 Å². The first kappa shape index (κ1) is 6.41. The Morgan fingerprint density at radius 1 is 1.58 bits per heavy atom. The third-order valence-electron chi connectivity index (χ3n) is 3.24. The Balaban J connectivity index is 2.27. The number of hydrogen-bond acceptors (Lipinski definition) is 1. The van der Waals surface area contributed by atoms with Gasteiger partial charge in [-0.2, -0.15) is 0 Å². The minimum atomic E-state index is 0.429. The Morgan fingerprint density at radius 3 is 3.42 bits per heavy atom. The van der Waals surface area contributed by atoms with Gasteiger partial charge in [0, 0.05) is 11.6 Å². The summed E-state index contributed by atoms with van der Waals surface area (Å²) in [5, 5.41) is 0. The fraction of sp³-hybridized carbons (Fsp3) is 0.364. The normalized spacial score (nSPS) is 35.6. The molecule has 0 aliphatic heterocycles. The van der Waals surface area contributed by atoms with Crippen LogP contribution in [0.1, 0.15) is 24.6 Å². The van der Waals surface area contributed by atoms with Crippen molar-refractivity contribution in [1.29, 1.82) is 0 Å². The van der Waals surface area contributed by atoms with Gasteiger partial charge in [0.05, 0.1) is 5.69 Å². The van der Waals surface area contributed by atoms with E-state index in [4.69, 9.17) is 0 Å². The van der Waals surface area contributed by atoms with Crippen molar-refractivity contribution in [3.8, 4) is 0 Å². The number of aromatic nitrogens is 1. The molecule has 1 aromatic heterocycles. The minimum absolute atomic E-state index is 0.429. The molecule has 3 rings (SSSR count). The maximum Gasteiger partial charge on any atom is 0.0664 e. The standard InChI is InChI=1S/C11H11N/c1-11-7-8(11)4-5-10-9(11)3-2-6-12-10/h2-6,8H,7H2,1H3. The third-order valence-corrected chi connectivity index (χ3v) is 3.24. The molecule has 0 bridgehead atoms. The number of rotatable bonds is 0. The van der Waals surface area contributed by atoms with Crippen LogP contribution in [0.4, 0.5) is 0 Å². The van der Waals surface area contributed by atoms with E-state index in [1.807, 2.05) is 12.3 Å². The lowest BCUT2D eigenvalue weighted by Crippen LogP contribution is -2.09. The second kappa shape index (κ2) is 1.79. The molecule has 0 radical (unpaired) electrons. The molecular weight excluding hydrogens is 146 g/mol. The fourth-order valence-electron chi connectivity index (χ4n) is 2.23. The Labute approximate surface area is 72.1 Å². The molecule has 0 saturated heterocycles. The van der Waals surface area contributed by atoms with Gasteiger partial charge in [-0.15, -0.1) is 0 Å². The number of nitrogens with zero attached hydrogens (tertiary/aromatic N) is 1. The molecule has 60 valence electrons. The molecule has 0 amide bonds. The van der Waals surface area contributed by atoms with E-state index >= 15 is 0 Å². The largest absolute Gasteiger partial charge is 0.257 e. The van der Waals surface area contributed by atoms with Gasteiger partial charge >= 0.3 is 0 Å². The lowest BCUT2D eigenvalue weighted by molar-refractivity contribution is 0.721. The summed E-state index contributed by atoms with van der Waals surface area (Å²) in [5.41, 5.74) is 3.05. The van der Waals surface area contributed by atoms with Crippen LogP contribution in [-0.4, -0.2) is 4.98 Å². The monoisotopic (exact) mass is 157 g/mol. The summed E-state index contributed by atoms with van der Waals surface area (Å²) in [6.07, 6.45) is 7.64. The molecule has 2 aliphatic carbocycles. The number of fused-ring (bicyclic) bond motifs is 3. The predicted molar refractivity (Wildman–Crippen MR) is 48.7 cm³/mol. The molecule has 1 nitrogen and oxygen atoms in total. The predicted octanol–water partition coefficient (Wildman–Crippen LogP) is 2.39. The summed E-state index contributed by atoms with van der Waals surface area (Å²) in [4.78, 5) is 4.35. The molecule has 2 atom stereocenters. The van der Waals surface area contributed by atoms with Gasteiger partial charge in [0.2, 0.25) is 0 Å². The van der Waals surface area contributed by atoms with Crippen molar-refractivity contribution >= 4 is 6.08 Å². The van der Waals surface area contributed by atoms with Crippen LogP contribution in [-0.2, 0) is 5.41 Å². The summed E-state index contributed by atoms with van der Waals surface area (Å²) in [6, 6.07) is 4.25. The van der Waals surface area contributed by atoms with Crippen molar-refractivity contribution in [3.05, 3.63) is 35.7 Å². The zero-order valence-electron chi connectivity index (χ0n) is 7.12. The average Bonchev–Trinajstić information content (AvgIpc) is 2.78. The minimum Gasteiger partial charge on any atom is -0.257 e. The van der Waals surface area contributed by atoms with Gasteiger partial charge in [-0.1, -0.05) is 19.1 Å². The van der Waals surface area contributed by atoms with Crippen LogP contribution in [0.2, 0.25) is 0 Å². The second-order valence-electron chi connectivity index (χ2n) is 4.02. The zero-order valence-corrected chi connectivity index (χ0v) is 7.12. The van der Waals surface area contributed by atoms with E-state index in [9.17, 15) is 0 Å². The van der Waals surface area contributed by atoms with Crippen molar-refractivity contribution in [2.24, 2.45) is 5.92 Å². The number of pyridine rings is 1. The molecule has 0 aromatic carbocycles. The zero-order chi connectivity index (χ0) is 8.18. The van der Waals surface area contributed by atoms with Gasteiger partial charge in [-0.3, -0.25) is 4.98 Å². The first-order valence-electron chi connectivity index (χ1n) is 4.44. The van der Waals surface area contributed by atoms with Crippen LogP contribution < -0.4 is 0 Å². The van der Waals surface area contributed by atoms with Crippen LogP contribution in [0.15, 0.2) is 24.4 Å². The van der Waals surface area contributed by atoms with Crippen molar-refractivity contribution in [3.63, 3.8) is 0 Å². The first-order chi connectivity index (χ1) is 5.81. The molecule has 12 heavy (non-hydrogen) atoms. The SMILES string of the molecule is CC12CC1C=Cc1ncccc12. The van der Waals surface area contributed by atoms with Crippen LogP contribution in [0.5, 0.6) is 0 Å². The van der Waals surface area contributed by atoms with Crippen LogP contribution in [0, 0.1) is 5.92 Å². The Bertz CT molecular complexity index is 367. The fourth-order valence-corrected chi connectivity index (χ4v) is 2.23. The van der Waals surface area contributed by atoms with E-state index in [-0.39, 0.29) is 0 Å². The van der Waals surface area contributed by atoms with Crippen LogP contribution in [0.25, 0.3) is 6.08 Å². The summed E-state index contributed by atoms with van der Waals surface area (Å²) in [7, 11) is 0. The highest BCUT2D eigenvalue weighted by Gasteiger charge is 2.52. The summed E-state index contributed by atoms with van der Waals surface area (Å²) >= 11 is 0. The number of hydrogen-bond donors (Lipinski definition) is 0. The number of allylic oxidation sites excluding steroid dienone is 1. The molecule has 1 saturated carbocycles. The highest BCUT2D eigenvalue weighted by atomic mass is 14.7. The molecule has 2 unspecified atom stereocenters. The molecule has 2 aliphatic rings. The molecule has 1 aromatic rings. The quantitative estimate of drug-likeness (QED) is 0.563. The molecular formula is C11H11N. The smallest absolute Gasteiger partial charge is 0.0664 e.